The molecule has 0 amide bonds. The van der Waals surface area contributed by atoms with Gasteiger partial charge in [-0.15, -0.1) is 0 Å². The van der Waals surface area contributed by atoms with E-state index in [0.29, 0.717) is 6.04 Å². The van der Waals surface area contributed by atoms with Crippen LogP contribution >= 0.6 is 0 Å². The second-order valence-corrected chi connectivity index (χ2v) is 6.23. The summed E-state index contributed by atoms with van der Waals surface area (Å²) in [4.78, 5) is 9.80. The van der Waals surface area contributed by atoms with E-state index in [2.05, 4.69) is 35.9 Å². The van der Waals surface area contributed by atoms with Gasteiger partial charge in [-0.2, -0.15) is 0 Å². The van der Waals surface area contributed by atoms with E-state index in [4.69, 9.17) is 4.98 Å². The molecule has 2 aliphatic heterocycles. The molecule has 0 radical (unpaired) electrons. The van der Waals surface area contributed by atoms with Gasteiger partial charge in [0.15, 0.2) is 0 Å². The molecule has 3 heteroatoms. The van der Waals surface area contributed by atoms with E-state index in [-0.39, 0.29) is 0 Å². The molecular weight excluding hydrogens is 246 g/mol. The Balaban J connectivity index is 1.82. The first-order valence-corrected chi connectivity index (χ1v) is 8.25. The van der Waals surface area contributed by atoms with Gasteiger partial charge in [0.1, 0.15) is 5.82 Å². The van der Waals surface area contributed by atoms with Gasteiger partial charge in [0, 0.05) is 25.3 Å². The summed E-state index contributed by atoms with van der Waals surface area (Å²) in [6.45, 7) is 9.29. The van der Waals surface area contributed by atoms with E-state index < -0.39 is 0 Å². The van der Waals surface area contributed by atoms with Crippen molar-refractivity contribution in [3.63, 3.8) is 0 Å². The number of hydrogen-bond donors (Lipinski definition) is 0. The van der Waals surface area contributed by atoms with Crippen molar-refractivity contribution in [2.45, 2.75) is 52.0 Å². The number of aryl methyl sites for hydroxylation is 1. The first-order valence-electron chi connectivity index (χ1n) is 8.25. The molecule has 20 heavy (non-hydrogen) atoms. The Kier molecular flexibility index (Phi) is 4.25. The molecule has 2 fully saturated rings. The minimum absolute atomic E-state index is 0.592. The molecule has 3 nitrogen and oxygen atoms in total. The number of anilines is 1. The fourth-order valence-corrected chi connectivity index (χ4v) is 3.74. The minimum Gasteiger partial charge on any atom is -0.357 e. The first-order chi connectivity index (χ1) is 9.79. The zero-order chi connectivity index (χ0) is 13.9. The molecular formula is C17H27N3. The molecule has 1 atom stereocenters. The number of likely N-dealkylation sites (tertiary alicyclic amines) is 1. The summed E-state index contributed by atoms with van der Waals surface area (Å²) in [7, 11) is 0. The van der Waals surface area contributed by atoms with Crippen LogP contribution in [0.2, 0.25) is 0 Å². The summed E-state index contributed by atoms with van der Waals surface area (Å²) in [5.74, 6) is 1.18. The smallest absolute Gasteiger partial charge is 0.128 e. The molecule has 0 aromatic carbocycles. The molecule has 0 saturated carbocycles. The molecule has 3 heterocycles. The van der Waals surface area contributed by atoms with Gasteiger partial charge in [-0.1, -0.05) is 13.3 Å². The van der Waals surface area contributed by atoms with E-state index >= 15 is 0 Å². The maximum atomic E-state index is 4.76. The van der Waals surface area contributed by atoms with Crippen molar-refractivity contribution in [3.05, 3.63) is 23.4 Å². The Morgan fingerprint density at radius 1 is 1.15 bits per heavy atom. The zero-order valence-corrected chi connectivity index (χ0v) is 12.9. The van der Waals surface area contributed by atoms with Crippen molar-refractivity contribution >= 4 is 5.82 Å². The highest BCUT2D eigenvalue weighted by molar-refractivity contribution is 5.45. The Labute approximate surface area is 123 Å². The molecule has 2 aliphatic rings. The fourth-order valence-electron chi connectivity index (χ4n) is 3.74. The predicted octanol–water partition coefficient (Wildman–Crippen LogP) is 3.54. The van der Waals surface area contributed by atoms with Gasteiger partial charge in [-0.05, 0) is 62.9 Å². The van der Waals surface area contributed by atoms with E-state index in [9.17, 15) is 0 Å². The van der Waals surface area contributed by atoms with Crippen molar-refractivity contribution in [3.8, 4) is 0 Å². The van der Waals surface area contributed by atoms with E-state index in [1.807, 2.05) is 0 Å². The van der Waals surface area contributed by atoms with Gasteiger partial charge in [-0.3, -0.25) is 4.90 Å². The second kappa shape index (κ2) is 6.13. The van der Waals surface area contributed by atoms with E-state index in [1.54, 1.807) is 0 Å². The lowest BCUT2D eigenvalue weighted by Gasteiger charge is -2.36. The van der Waals surface area contributed by atoms with Crippen LogP contribution in [-0.4, -0.2) is 36.1 Å². The Hall–Kier alpha value is -1.09. The molecule has 0 bridgehead atoms. The van der Waals surface area contributed by atoms with Crippen molar-refractivity contribution < 1.29 is 0 Å². The average Bonchev–Trinajstić information content (AvgIpc) is 3.01. The third-order valence-electron chi connectivity index (χ3n) is 4.95. The zero-order valence-electron chi connectivity index (χ0n) is 12.9. The van der Waals surface area contributed by atoms with Crippen molar-refractivity contribution in [1.29, 1.82) is 0 Å². The highest BCUT2D eigenvalue weighted by Crippen LogP contribution is 2.33. The summed E-state index contributed by atoms with van der Waals surface area (Å²) in [6.07, 6.45) is 8.78. The SMILES string of the molecule is CCN1CCCC[C@@H]1c1cnc(N2CCCC2)cc1C. The molecule has 2 saturated heterocycles. The lowest BCUT2D eigenvalue weighted by Crippen LogP contribution is -2.33. The summed E-state index contributed by atoms with van der Waals surface area (Å²) in [5.41, 5.74) is 2.88. The van der Waals surface area contributed by atoms with Crippen molar-refractivity contribution in [1.82, 2.24) is 9.88 Å². The van der Waals surface area contributed by atoms with Crippen LogP contribution in [-0.2, 0) is 0 Å². The number of pyridine rings is 1. The van der Waals surface area contributed by atoms with Gasteiger partial charge >= 0.3 is 0 Å². The number of aromatic nitrogens is 1. The normalized spacial score (nSPS) is 24.3. The van der Waals surface area contributed by atoms with Crippen LogP contribution in [0, 0.1) is 6.92 Å². The highest BCUT2D eigenvalue weighted by Gasteiger charge is 2.24. The van der Waals surface area contributed by atoms with Crippen molar-refractivity contribution in [2.24, 2.45) is 0 Å². The maximum Gasteiger partial charge on any atom is 0.128 e. The quantitative estimate of drug-likeness (QED) is 0.839. The fraction of sp³-hybridized carbons (Fsp3) is 0.706. The van der Waals surface area contributed by atoms with Crippen LogP contribution in [0.15, 0.2) is 12.3 Å². The molecule has 0 spiro atoms. The van der Waals surface area contributed by atoms with Gasteiger partial charge < -0.3 is 4.90 Å². The largest absolute Gasteiger partial charge is 0.357 e. The van der Waals surface area contributed by atoms with Crippen LogP contribution in [0.1, 0.15) is 56.2 Å². The number of rotatable bonds is 3. The molecule has 0 unspecified atom stereocenters. The van der Waals surface area contributed by atoms with Crippen LogP contribution in [0.25, 0.3) is 0 Å². The Morgan fingerprint density at radius 2 is 1.90 bits per heavy atom. The van der Waals surface area contributed by atoms with Gasteiger partial charge in [0.05, 0.1) is 0 Å². The third kappa shape index (κ3) is 2.69. The van der Waals surface area contributed by atoms with E-state index in [0.717, 1.165) is 6.54 Å². The number of hydrogen-bond acceptors (Lipinski definition) is 3. The molecule has 1 aromatic rings. The molecule has 0 aliphatic carbocycles. The molecule has 1 aromatic heterocycles. The summed E-state index contributed by atoms with van der Waals surface area (Å²) >= 11 is 0. The second-order valence-electron chi connectivity index (χ2n) is 6.23. The highest BCUT2D eigenvalue weighted by atomic mass is 15.2. The average molecular weight is 273 g/mol. The maximum absolute atomic E-state index is 4.76. The van der Waals surface area contributed by atoms with Gasteiger partial charge in [0.25, 0.3) is 0 Å². The monoisotopic (exact) mass is 273 g/mol. The standard InChI is InChI=1S/C17H27N3/c1-3-19-9-5-4-8-16(19)15-13-18-17(12-14(15)2)20-10-6-7-11-20/h12-13,16H,3-11H2,1-2H3/t16-/m1/s1. The first kappa shape index (κ1) is 13.9. The summed E-state index contributed by atoms with van der Waals surface area (Å²) in [6, 6.07) is 2.90. The summed E-state index contributed by atoms with van der Waals surface area (Å²) in [5, 5.41) is 0. The predicted molar refractivity (Wildman–Crippen MR) is 84.3 cm³/mol. The van der Waals surface area contributed by atoms with Crippen LogP contribution in [0.4, 0.5) is 5.82 Å². The third-order valence-corrected chi connectivity index (χ3v) is 4.95. The minimum atomic E-state index is 0.592. The summed E-state index contributed by atoms with van der Waals surface area (Å²) < 4.78 is 0. The van der Waals surface area contributed by atoms with Crippen LogP contribution < -0.4 is 4.90 Å². The number of piperidine rings is 1. The van der Waals surface area contributed by atoms with Crippen LogP contribution in [0.3, 0.4) is 0 Å². The van der Waals surface area contributed by atoms with Crippen LogP contribution in [0.5, 0.6) is 0 Å². The Bertz CT molecular complexity index is 452. The van der Waals surface area contributed by atoms with Gasteiger partial charge in [-0.25, -0.2) is 4.98 Å². The van der Waals surface area contributed by atoms with Gasteiger partial charge in [0.2, 0.25) is 0 Å². The Morgan fingerprint density at radius 3 is 2.60 bits per heavy atom. The lowest BCUT2D eigenvalue weighted by molar-refractivity contribution is 0.156. The molecule has 0 N–H and O–H groups in total. The molecule has 110 valence electrons. The van der Waals surface area contributed by atoms with Crippen molar-refractivity contribution in [2.75, 3.05) is 31.1 Å². The topological polar surface area (TPSA) is 19.4 Å². The number of nitrogens with zero attached hydrogens (tertiary/aromatic N) is 3. The lowest BCUT2D eigenvalue weighted by atomic mass is 9.93. The van der Waals surface area contributed by atoms with E-state index in [1.165, 1.54) is 68.7 Å². The molecule has 3 rings (SSSR count).